The normalized spacial score (nSPS) is 10.2. The lowest BCUT2D eigenvalue weighted by Crippen LogP contribution is -2.30. The first-order valence-corrected chi connectivity index (χ1v) is 10.5. The fourth-order valence-corrected chi connectivity index (χ4v) is 2.89. The summed E-state index contributed by atoms with van der Waals surface area (Å²) in [6.45, 7) is 2.66. The molecule has 0 bridgehead atoms. The van der Waals surface area contributed by atoms with Crippen molar-refractivity contribution in [3.63, 3.8) is 0 Å². The lowest BCUT2D eigenvalue weighted by Gasteiger charge is -2.12. The van der Waals surface area contributed by atoms with E-state index in [0.717, 1.165) is 18.4 Å². The average molecular weight is 446 g/mol. The maximum Gasteiger partial charge on any atom is 0.338 e. The molecule has 0 aliphatic heterocycles. The number of hydrogen-bond donors (Lipinski definition) is 1. The molecule has 174 valence electrons. The molecule has 0 atom stereocenters. The summed E-state index contributed by atoms with van der Waals surface area (Å²) in [7, 11) is 4.65. The van der Waals surface area contributed by atoms with E-state index in [1.807, 2.05) is 18.2 Å². The second kappa shape index (κ2) is 13.1. The van der Waals surface area contributed by atoms with Gasteiger partial charge in [-0.05, 0) is 48.7 Å². The van der Waals surface area contributed by atoms with E-state index in [9.17, 15) is 9.59 Å². The van der Waals surface area contributed by atoms with Crippen LogP contribution in [0.3, 0.4) is 0 Å². The van der Waals surface area contributed by atoms with Crippen LogP contribution in [0.2, 0.25) is 0 Å². The van der Waals surface area contributed by atoms with Crippen LogP contribution in [0.1, 0.15) is 35.7 Å². The van der Waals surface area contributed by atoms with Crippen LogP contribution in [0.15, 0.2) is 36.4 Å². The zero-order valence-electron chi connectivity index (χ0n) is 19.1. The first-order chi connectivity index (χ1) is 15.5. The molecule has 0 fully saturated rings. The van der Waals surface area contributed by atoms with Crippen LogP contribution in [0.4, 0.5) is 0 Å². The lowest BCUT2D eigenvalue weighted by molar-refractivity contribution is -0.124. The van der Waals surface area contributed by atoms with E-state index in [1.165, 1.54) is 7.11 Å². The number of nitrogens with one attached hydrogen (secondary N) is 1. The summed E-state index contributed by atoms with van der Waals surface area (Å²) in [6.07, 6.45) is 2.54. The average Bonchev–Trinajstić information content (AvgIpc) is 2.82. The largest absolute Gasteiger partial charge is 0.493 e. The Hall–Kier alpha value is -3.42. The number of unbranched alkanes of at least 4 members (excludes halogenated alkanes) is 1. The van der Waals surface area contributed by atoms with Gasteiger partial charge < -0.3 is 29.0 Å². The summed E-state index contributed by atoms with van der Waals surface area (Å²) < 4.78 is 26.5. The molecule has 1 amide bonds. The van der Waals surface area contributed by atoms with E-state index in [1.54, 1.807) is 32.4 Å². The van der Waals surface area contributed by atoms with Crippen LogP contribution < -0.4 is 24.3 Å². The Balaban J connectivity index is 1.80. The fraction of sp³-hybridized carbons (Fsp3) is 0.417. The first-order valence-electron chi connectivity index (χ1n) is 10.5. The zero-order chi connectivity index (χ0) is 23.3. The molecule has 1 N–H and O–H groups in total. The van der Waals surface area contributed by atoms with Gasteiger partial charge in [0.2, 0.25) is 0 Å². The van der Waals surface area contributed by atoms with Crippen molar-refractivity contribution in [3.8, 4) is 23.0 Å². The Morgan fingerprint density at radius 3 is 2.25 bits per heavy atom. The van der Waals surface area contributed by atoms with Gasteiger partial charge in [0.15, 0.2) is 29.6 Å². The first kappa shape index (κ1) is 24.8. The molecule has 0 aliphatic carbocycles. The van der Waals surface area contributed by atoms with E-state index in [4.69, 9.17) is 23.7 Å². The lowest BCUT2D eigenvalue weighted by atomic mass is 10.1. The van der Waals surface area contributed by atoms with Crippen LogP contribution in [0, 0.1) is 0 Å². The van der Waals surface area contributed by atoms with Crippen molar-refractivity contribution >= 4 is 11.9 Å². The van der Waals surface area contributed by atoms with Gasteiger partial charge in [0.1, 0.15) is 0 Å². The number of benzene rings is 2. The van der Waals surface area contributed by atoms with E-state index in [2.05, 4.69) is 12.2 Å². The Morgan fingerprint density at radius 1 is 0.875 bits per heavy atom. The Bertz CT molecular complexity index is 898. The molecule has 2 aromatic rings. The molecule has 32 heavy (non-hydrogen) atoms. The molecule has 0 saturated carbocycles. The minimum Gasteiger partial charge on any atom is -0.493 e. The molecule has 0 unspecified atom stereocenters. The molecule has 0 saturated heterocycles. The highest BCUT2D eigenvalue weighted by Gasteiger charge is 2.14. The number of hydrogen-bond acceptors (Lipinski definition) is 7. The quantitative estimate of drug-likeness (QED) is 0.373. The van der Waals surface area contributed by atoms with Crippen molar-refractivity contribution in [2.24, 2.45) is 0 Å². The number of carbonyl (C=O) groups is 2. The van der Waals surface area contributed by atoms with Crippen LogP contribution in [-0.2, 0) is 16.0 Å². The maximum absolute atomic E-state index is 12.3. The summed E-state index contributed by atoms with van der Waals surface area (Å²) in [5, 5.41) is 2.73. The molecule has 0 heterocycles. The number of amides is 1. The Kier molecular flexibility index (Phi) is 10.2. The third-order valence-corrected chi connectivity index (χ3v) is 4.67. The van der Waals surface area contributed by atoms with Crippen molar-refractivity contribution in [3.05, 3.63) is 47.5 Å². The van der Waals surface area contributed by atoms with Crippen LogP contribution in [-0.4, -0.2) is 53.0 Å². The molecule has 0 aliphatic rings. The highest BCUT2D eigenvalue weighted by Crippen LogP contribution is 2.29. The van der Waals surface area contributed by atoms with E-state index < -0.39 is 5.97 Å². The van der Waals surface area contributed by atoms with Gasteiger partial charge in [0.25, 0.3) is 5.91 Å². The summed E-state index contributed by atoms with van der Waals surface area (Å²) >= 11 is 0. The van der Waals surface area contributed by atoms with Gasteiger partial charge in [0.05, 0.1) is 33.5 Å². The molecule has 2 aromatic carbocycles. The molecule has 0 radical (unpaired) electrons. The Morgan fingerprint density at radius 2 is 1.56 bits per heavy atom. The second-order valence-corrected chi connectivity index (χ2v) is 6.93. The maximum atomic E-state index is 12.3. The number of methoxy groups -OCH3 is 3. The smallest absolute Gasteiger partial charge is 0.338 e. The molecular formula is C24H31NO7. The second-order valence-electron chi connectivity index (χ2n) is 6.93. The highest BCUT2D eigenvalue weighted by molar-refractivity contribution is 5.92. The van der Waals surface area contributed by atoms with Crippen molar-refractivity contribution in [1.82, 2.24) is 5.32 Å². The van der Waals surface area contributed by atoms with Crippen LogP contribution in [0.5, 0.6) is 23.0 Å². The topological polar surface area (TPSA) is 92.3 Å². The number of esters is 1. The van der Waals surface area contributed by atoms with Crippen LogP contribution in [0.25, 0.3) is 0 Å². The summed E-state index contributed by atoms with van der Waals surface area (Å²) in [6, 6.07) is 10.4. The number of ether oxygens (including phenoxy) is 5. The van der Waals surface area contributed by atoms with Gasteiger partial charge in [-0.15, -0.1) is 0 Å². The van der Waals surface area contributed by atoms with Gasteiger partial charge in [-0.3, -0.25) is 4.79 Å². The highest BCUT2D eigenvalue weighted by atomic mass is 16.5. The van der Waals surface area contributed by atoms with Crippen molar-refractivity contribution in [2.45, 2.75) is 26.2 Å². The molecule has 0 aromatic heterocycles. The van der Waals surface area contributed by atoms with E-state index in [0.29, 0.717) is 42.6 Å². The minimum absolute atomic E-state index is 0.280. The van der Waals surface area contributed by atoms with Crippen LogP contribution >= 0.6 is 0 Å². The molecule has 0 spiro atoms. The van der Waals surface area contributed by atoms with Crippen molar-refractivity contribution in [1.29, 1.82) is 0 Å². The molecule has 8 nitrogen and oxygen atoms in total. The van der Waals surface area contributed by atoms with Gasteiger partial charge >= 0.3 is 5.97 Å². The van der Waals surface area contributed by atoms with Crippen molar-refractivity contribution < 1.29 is 33.3 Å². The molecule has 2 rings (SSSR count). The summed E-state index contributed by atoms with van der Waals surface area (Å²) in [5.41, 5.74) is 1.26. The molecular weight excluding hydrogens is 414 g/mol. The minimum atomic E-state index is -0.613. The summed E-state index contributed by atoms with van der Waals surface area (Å²) in [4.78, 5) is 24.3. The monoisotopic (exact) mass is 445 g/mol. The van der Waals surface area contributed by atoms with Gasteiger partial charge in [0, 0.05) is 6.54 Å². The Labute approximate surface area is 188 Å². The van der Waals surface area contributed by atoms with Gasteiger partial charge in [-0.1, -0.05) is 19.4 Å². The molecule has 8 heteroatoms. The van der Waals surface area contributed by atoms with E-state index >= 15 is 0 Å². The predicted octanol–water partition coefficient (Wildman–Crippen LogP) is 3.41. The van der Waals surface area contributed by atoms with E-state index in [-0.39, 0.29) is 18.1 Å². The predicted molar refractivity (Wildman–Crippen MR) is 120 cm³/mol. The fourth-order valence-electron chi connectivity index (χ4n) is 2.89. The third-order valence-electron chi connectivity index (χ3n) is 4.67. The van der Waals surface area contributed by atoms with Gasteiger partial charge in [-0.2, -0.15) is 0 Å². The number of rotatable bonds is 13. The number of carbonyl (C=O) groups excluding carboxylic acids is 2. The van der Waals surface area contributed by atoms with Crippen molar-refractivity contribution in [2.75, 3.05) is 41.1 Å². The zero-order valence-corrected chi connectivity index (χ0v) is 19.1. The SMILES string of the molecule is CCCCOc1ccc(C(=O)OCC(=O)NCCc2ccc(OC)c(OC)c2)cc1OC. The third kappa shape index (κ3) is 7.37. The van der Waals surface area contributed by atoms with Gasteiger partial charge in [-0.25, -0.2) is 4.79 Å². The standard InChI is InChI=1S/C24H31NO7/c1-5-6-13-31-20-10-8-18(15-22(20)30-4)24(27)32-16-23(26)25-12-11-17-7-9-19(28-2)21(14-17)29-3/h7-10,14-15H,5-6,11-13,16H2,1-4H3,(H,25,26). The summed E-state index contributed by atoms with van der Waals surface area (Å²) in [5.74, 6) is 1.27.